The van der Waals surface area contributed by atoms with Crippen LogP contribution < -0.4 is 5.32 Å². The van der Waals surface area contributed by atoms with Gasteiger partial charge in [0.15, 0.2) is 0 Å². The van der Waals surface area contributed by atoms with Crippen molar-refractivity contribution >= 4 is 37.7 Å². The molecule has 8 nitrogen and oxygen atoms in total. The van der Waals surface area contributed by atoms with Crippen molar-refractivity contribution < 1.29 is 17.9 Å². The van der Waals surface area contributed by atoms with Crippen LogP contribution in [0.1, 0.15) is 24.3 Å². The van der Waals surface area contributed by atoms with Gasteiger partial charge in [0.05, 0.1) is 15.2 Å². The molecule has 1 amide bonds. The van der Waals surface area contributed by atoms with Gasteiger partial charge < -0.3 is 10.1 Å². The number of rotatable bonds is 9. The number of amides is 1. The van der Waals surface area contributed by atoms with E-state index in [0.29, 0.717) is 38.9 Å². The number of fused-ring (bicyclic) bond motifs is 1. The molecule has 3 rings (SSSR count). The van der Waals surface area contributed by atoms with Crippen molar-refractivity contribution in [1.82, 2.24) is 18.9 Å². The minimum absolute atomic E-state index is 0.0987. The van der Waals surface area contributed by atoms with E-state index in [2.05, 4.69) is 10.3 Å². The van der Waals surface area contributed by atoms with Crippen molar-refractivity contribution in [3.05, 3.63) is 29.3 Å². The van der Waals surface area contributed by atoms with Crippen LogP contribution in [0.2, 0.25) is 0 Å². The van der Waals surface area contributed by atoms with E-state index >= 15 is 0 Å². The maximum absolute atomic E-state index is 12.7. The minimum Gasteiger partial charge on any atom is -0.381 e. The fraction of sp³-hybridized carbons (Fsp3) is 0.579. The van der Waals surface area contributed by atoms with Crippen molar-refractivity contribution in [2.45, 2.75) is 31.7 Å². The molecule has 1 fully saturated rings. The highest BCUT2D eigenvalue weighted by Crippen LogP contribution is 2.22. The third-order valence-corrected chi connectivity index (χ3v) is 8.01. The number of hydrogen-bond acceptors (Lipinski definition) is 6. The molecule has 0 aliphatic carbocycles. The number of aryl methyl sites for hydroxylation is 1. The number of nitrogens with zero attached hydrogens (tertiary/aromatic N) is 3. The van der Waals surface area contributed by atoms with Gasteiger partial charge >= 0.3 is 0 Å². The Balaban J connectivity index is 1.50. The van der Waals surface area contributed by atoms with Crippen molar-refractivity contribution in [1.29, 1.82) is 0 Å². The lowest BCUT2D eigenvalue weighted by molar-refractivity contribution is -0.121. The van der Waals surface area contributed by atoms with Crippen molar-refractivity contribution in [2.75, 3.05) is 40.4 Å². The molecule has 1 N–H and O–H groups in total. The summed E-state index contributed by atoms with van der Waals surface area (Å²) in [5.74, 6) is -0.0987. The number of carbonyl (C=O) groups is 1. The zero-order valence-electron chi connectivity index (χ0n) is 16.8. The van der Waals surface area contributed by atoms with Crippen LogP contribution in [-0.4, -0.2) is 74.4 Å². The highest BCUT2D eigenvalue weighted by molar-refractivity contribution is 7.86. The SMILES string of the molecule is CN(C)S(=O)(=O)N(CCNC(=O)CCc1nc2ccccc2s1)C1CCOCC1. The molecule has 0 unspecified atom stereocenters. The molecule has 0 bridgehead atoms. The summed E-state index contributed by atoms with van der Waals surface area (Å²) < 4.78 is 34.6. The monoisotopic (exact) mass is 440 g/mol. The predicted molar refractivity (Wildman–Crippen MR) is 114 cm³/mol. The highest BCUT2D eigenvalue weighted by Gasteiger charge is 2.32. The third kappa shape index (κ3) is 5.73. The van der Waals surface area contributed by atoms with Crippen LogP contribution in [-0.2, 0) is 26.2 Å². The molecular formula is C19H28N4O4S2. The van der Waals surface area contributed by atoms with Gasteiger partial charge in [0.2, 0.25) is 5.91 Å². The molecule has 10 heteroatoms. The molecule has 1 saturated heterocycles. The maximum atomic E-state index is 12.7. The number of thiazole rings is 1. The van der Waals surface area contributed by atoms with Gasteiger partial charge in [-0.2, -0.15) is 17.0 Å². The zero-order chi connectivity index (χ0) is 20.9. The van der Waals surface area contributed by atoms with Crippen molar-refractivity contribution in [3.63, 3.8) is 0 Å². The zero-order valence-corrected chi connectivity index (χ0v) is 18.5. The third-order valence-electron chi connectivity index (χ3n) is 4.91. The molecule has 2 heterocycles. The standard InChI is InChI=1S/C19H28N4O4S2/c1-22(2)29(25,26)23(15-9-13-27-14-10-15)12-11-20-18(24)7-8-19-21-16-5-3-4-6-17(16)28-19/h3-6,15H,7-14H2,1-2H3,(H,20,24). The number of benzene rings is 1. The molecule has 1 aliphatic rings. The molecule has 0 saturated carbocycles. The Morgan fingerprint density at radius 3 is 2.69 bits per heavy atom. The summed E-state index contributed by atoms with van der Waals surface area (Å²) in [7, 11) is -0.503. The van der Waals surface area contributed by atoms with Gasteiger partial charge in [0.25, 0.3) is 10.2 Å². The summed E-state index contributed by atoms with van der Waals surface area (Å²) in [6, 6.07) is 7.81. The first-order chi connectivity index (χ1) is 13.9. The Bertz CT molecular complexity index is 890. The number of carbonyl (C=O) groups excluding carboxylic acids is 1. The lowest BCUT2D eigenvalue weighted by Crippen LogP contribution is -2.50. The van der Waals surface area contributed by atoms with E-state index in [0.717, 1.165) is 15.2 Å². The molecule has 29 heavy (non-hydrogen) atoms. The largest absolute Gasteiger partial charge is 0.381 e. The van der Waals surface area contributed by atoms with Crippen LogP contribution in [0.25, 0.3) is 10.2 Å². The van der Waals surface area contributed by atoms with Crippen molar-refractivity contribution in [2.24, 2.45) is 0 Å². The first-order valence-corrected chi connectivity index (χ1v) is 12.0. The second kappa shape index (κ2) is 9.94. The molecule has 1 aromatic heterocycles. The molecule has 1 aromatic carbocycles. The van der Waals surface area contributed by atoms with Crippen LogP contribution in [0.15, 0.2) is 24.3 Å². The minimum atomic E-state index is -3.56. The summed E-state index contributed by atoms with van der Waals surface area (Å²) in [6.45, 7) is 1.64. The smallest absolute Gasteiger partial charge is 0.281 e. The Hall–Kier alpha value is -1.59. The van der Waals surface area contributed by atoms with E-state index in [1.54, 1.807) is 11.3 Å². The predicted octanol–water partition coefficient (Wildman–Crippen LogP) is 1.63. The van der Waals surface area contributed by atoms with Crippen LogP contribution in [0.4, 0.5) is 0 Å². The Morgan fingerprint density at radius 1 is 1.28 bits per heavy atom. The van der Waals surface area contributed by atoms with E-state index in [1.165, 1.54) is 22.7 Å². The fourth-order valence-electron chi connectivity index (χ4n) is 3.31. The van der Waals surface area contributed by atoms with Gasteiger partial charge in [-0.25, -0.2) is 4.98 Å². The number of para-hydroxylation sites is 1. The summed E-state index contributed by atoms with van der Waals surface area (Å²) in [5, 5.41) is 3.78. The average molecular weight is 441 g/mol. The van der Waals surface area contributed by atoms with Crippen LogP contribution in [0, 0.1) is 0 Å². The number of ether oxygens (including phenoxy) is 1. The second-order valence-electron chi connectivity index (χ2n) is 7.17. The van der Waals surface area contributed by atoms with E-state index < -0.39 is 10.2 Å². The molecule has 0 spiro atoms. The van der Waals surface area contributed by atoms with Gasteiger partial charge in [0, 0.05) is 59.3 Å². The Kier molecular flexibility index (Phi) is 7.58. The van der Waals surface area contributed by atoms with Gasteiger partial charge in [0.1, 0.15) is 0 Å². The summed E-state index contributed by atoms with van der Waals surface area (Å²) in [5.41, 5.74) is 0.953. The van der Waals surface area contributed by atoms with Crippen LogP contribution >= 0.6 is 11.3 Å². The lowest BCUT2D eigenvalue weighted by atomic mass is 10.1. The summed E-state index contributed by atoms with van der Waals surface area (Å²) in [4.78, 5) is 16.8. The molecule has 1 aliphatic heterocycles. The quantitative estimate of drug-likeness (QED) is 0.640. The molecule has 0 radical (unpaired) electrons. The van der Waals surface area contributed by atoms with Gasteiger partial charge in [-0.15, -0.1) is 11.3 Å². The average Bonchev–Trinajstić information content (AvgIpc) is 3.13. The molecule has 160 valence electrons. The van der Waals surface area contributed by atoms with Gasteiger partial charge in [-0.1, -0.05) is 12.1 Å². The van der Waals surface area contributed by atoms with E-state index in [4.69, 9.17) is 4.74 Å². The summed E-state index contributed by atoms with van der Waals surface area (Å²) in [6.07, 6.45) is 2.24. The van der Waals surface area contributed by atoms with Crippen LogP contribution in [0.5, 0.6) is 0 Å². The fourth-order valence-corrected chi connectivity index (χ4v) is 5.61. The van der Waals surface area contributed by atoms with Crippen molar-refractivity contribution in [3.8, 4) is 0 Å². The van der Waals surface area contributed by atoms with Gasteiger partial charge in [-0.05, 0) is 25.0 Å². The Labute approximate surface area is 176 Å². The number of aromatic nitrogens is 1. The van der Waals surface area contributed by atoms with E-state index in [9.17, 15) is 13.2 Å². The highest BCUT2D eigenvalue weighted by atomic mass is 32.2. The van der Waals surface area contributed by atoms with E-state index in [1.807, 2.05) is 24.3 Å². The second-order valence-corrected chi connectivity index (χ2v) is 10.4. The topological polar surface area (TPSA) is 91.8 Å². The normalized spacial score (nSPS) is 16.0. The van der Waals surface area contributed by atoms with Gasteiger partial charge in [-0.3, -0.25) is 4.79 Å². The Morgan fingerprint density at radius 2 is 2.00 bits per heavy atom. The number of nitrogens with one attached hydrogen (secondary N) is 1. The lowest BCUT2D eigenvalue weighted by Gasteiger charge is -2.34. The first-order valence-electron chi connectivity index (χ1n) is 9.76. The molecular weight excluding hydrogens is 412 g/mol. The van der Waals surface area contributed by atoms with E-state index in [-0.39, 0.29) is 25.0 Å². The molecule has 0 atom stereocenters. The maximum Gasteiger partial charge on any atom is 0.281 e. The molecule has 2 aromatic rings. The van der Waals surface area contributed by atoms with Crippen LogP contribution in [0.3, 0.4) is 0 Å². The number of hydrogen-bond donors (Lipinski definition) is 1. The first kappa shape index (κ1) is 22.1. The summed E-state index contributed by atoms with van der Waals surface area (Å²) >= 11 is 1.60.